The Labute approximate surface area is 238 Å². The normalized spacial score (nSPS) is 11.2. The second-order valence-electron chi connectivity index (χ2n) is 10.0. The molecule has 0 aliphatic carbocycles. The minimum absolute atomic E-state index is 0.438. The quantitative estimate of drug-likeness (QED) is 0.213. The predicted molar refractivity (Wildman–Crippen MR) is 169 cm³/mol. The lowest BCUT2D eigenvalue weighted by Gasteiger charge is -2.28. The number of hydrogen-bond acceptors (Lipinski definition) is 4. The van der Waals surface area contributed by atoms with Crippen LogP contribution in [0.3, 0.4) is 0 Å². The monoisotopic (exact) mass is 531 g/mol. The van der Waals surface area contributed by atoms with Crippen LogP contribution in [-0.2, 0) is 0 Å². The van der Waals surface area contributed by atoms with Gasteiger partial charge in [0.2, 0.25) is 0 Å². The molecule has 0 fully saturated rings. The summed E-state index contributed by atoms with van der Waals surface area (Å²) in [4.78, 5) is 2.19. The molecule has 41 heavy (non-hydrogen) atoms. The van der Waals surface area contributed by atoms with Gasteiger partial charge in [0.1, 0.15) is 11.2 Å². The van der Waals surface area contributed by atoms with Crippen LogP contribution in [0.2, 0.25) is 0 Å². The first-order valence-electron chi connectivity index (χ1n) is 13.6. The van der Waals surface area contributed by atoms with E-state index in [9.17, 15) is 10.0 Å². The van der Waals surface area contributed by atoms with E-state index in [-0.39, 0.29) is 0 Å². The van der Waals surface area contributed by atoms with Crippen molar-refractivity contribution in [2.45, 2.75) is 0 Å². The second kappa shape index (κ2) is 10.5. The summed E-state index contributed by atoms with van der Waals surface area (Å²) >= 11 is 0. The van der Waals surface area contributed by atoms with Crippen molar-refractivity contribution in [1.82, 2.24) is 0 Å². The fourth-order valence-electron chi connectivity index (χ4n) is 5.51. The summed E-state index contributed by atoms with van der Waals surface area (Å²) in [6.45, 7) is 0. The minimum Gasteiger partial charge on any atom is -0.455 e. The summed E-state index contributed by atoms with van der Waals surface area (Å²) in [5, 5.41) is 21.6. The lowest BCUT2D eigenvalue weighted by molar-refractivity contribution is 0.426. The van der Waals surface area contributed by atoms with E-state index in [0.717, 1.165) is 61.3 Å². The first-order chi connectivity index (χ1) is 20.2. The predicted octanol–water partition coefficient (Wildman–Crippen LogP) is 8.07. The van der Waals surface area contributed by atoms with Gasteiger partial charge in [0.15, 0.2) is 0 Å². The third-order valence-electron chi connectivity index (χ3n) is 7.52. The summed E-state index contributed by atoms with van der Waals surface area (Å²) < 4.78 is 6.42. The van der Waals surface area contributed by atoms with E-state index in [1.165, 1.54) is 0 Å². The first kappa shape index (κ1) is 24.9. The number of rotatable bonds is 6. The molecule has 196 valence electrons. The third-order valence-corrected chi connectivity index (χ3v) is 7.52. The van der Waals surface area contributed by atoms with Crippen molar-refractivity contribution in [2.24, 2.45) is 0 Å². The van der Waals surface area contributed by atoms with Gasteiger partial charge in [0, 0.05) is 33.3 Å². The number of hydrogen-bond donors (Lipinski definition) is 2. The molecule has 0 spiro atoms. The lowest BCUT2D eigenvalue weighted by atomic mass is 9.80. The van der Waals surface area contributed by atoms with Crippen LogP contribution in [-0.4, -0.2) is 17.2 Å². The molecule has 1 aromatic heterocycles. The van der Waals surface area contributed by atoms with E-state index in [4.69, 9.17) is 4.42 Å². The van der Waals surface area contributed by atoms with Crippen LogP contribution < -0.4 is 10.4 Å². The van der Waals surface area contributed by atoms with Crippen molar-refractivity contribution in [3.63, 3.8) is 0 Å². The van der Waals surface area contributed by atoms with E-state index >= 15 is 0 Å². The Morgan fingerprint density at radius 2 is 1.07 bits per heavy atom. The van der Waals surface area contributed by atoms with Gasteiger partial charge >= 0.3 is 7.12 Å². The molecule has 0 aliphatic heterocycles. The maximum atomic E-state index is 9.71. The smallest absolute Gasteiger partial charge is 0.455 e. The molecule has 0 saturated heterocycles. The molecule has 0 aliphatic rings. The average molecular weight is 531 g/mol. The van der Waals surface area contributed by atoms with Crippen LogP contribution in [0.5, 0.6) is 0 Å². The molecule has 4 nitrogen and oxygen atoms in total. The molecule has 7 aromatic rings. The van der Waals surface area contributed by atoms with E-state index in [0.29, 0.717) is 5.46 Å². The summed E-state index contributed by atoms with van der Waals surface area (Å²) in [6, 6.07) is 48.9. The first-order valence-corrected chi connectivity index (χ1v) is 13.6. The molecule has 5 heteroatoms. The summed E-state index contributed by atoms with van der Waals surface area (Å²) in [5.41, 5.74) is 9.31. The number of anilines is 3. The Bertz CT molecular complexity index is 1960. The highest BCUT2D eigenvalue weighted by molar-refractivity contribution is 6.58. The Morgan fingerprint density at radius 1 is 0.488 bits per heavy atom. The van der Waals surface area contributed by atoms with Gasteiger partial charge in [0.25, 0.3) is 0 Å². The average Bonchev–Trinajstić information content (AvgIpc) is 3.42. The van der Waals surface area contributed by atoms with Gasteiger partial charge in [-0.2, -0.15) is 0 Å². The highest BCUT2D eigenvalue weighted by Crippen LogP contribution is 2.44. The number of benzene rings is 6. The van der Waals surface area contributed by atoms with Gasteiger partial charge in [-0.05, 0) is 53.0 Å². The molecule has 0 unspecified atom stereocenters. The fraction of sp³-hybridized carbons (Fsp3) is 0. The minimum atomic E-state index is -1.53. The molecule has 6 aromatic carbocycles. The van der Waals surface area contributed by atoms with Crippen LogP contribution in [0.4, 0.5) is 17.1 Å². The molecule has 1 heterocycles. The van der Waals surface area contributed by atoms with Crippen LogP contribution in [0, 0.1) is 0 Å². The van der Waals surface area contributed by atoms with Crippen molar-refractivity contribution in [2.75, 3.05) is 4.90 Å². The second-order valence-corrected chi connectivity index (χ2v) is 10.0. The van der Waals surface area contributed by atoms with Crippen molar-refractivity contribution in [3.05, 3.63) is 146 Å². The van der Waals surface area contributed by atoms with E-state index < -0.39 is 7.12 Å². The zero-order chi connectivity index (χ0) is 27.8. The van der Waals surface area contributed by atoms with E-state index in [2.05, 4.69) is 77.7 Å². The van der Waals surface area contributed by atoms with Gasteiger partial charge in [-0.15, -0.1) is 0 Å². The summed E-state index contributed by atoms with van der Waals surface area (Å²) in [6.07, 6.45) is 0. The van der Waals surface area contributed by atoms with Crippen molar-refractivity contribution in [3.8, 4) is 22.3 Å². The van der Waals surface area contributed by atoms with Crippen LogP contribution in [0.25, 0.3) is 44.2 Å². The largest absolute Gasteiger partial charge is 0.488 e. The molecule has 7 rings (SSSR count). The standard InChI is InChI=1S/C36H26BNO3/c39-37(40)27-19-23-29(24-20-27)38(28-21-17-26(18-22-28)25-9-2-1-3-10-25)34-15-6-4-11-30(34)32-13-8-14-33-31-12-5-7-16-35(31)41-36(32)33/h1-24,39-40H. The highest BCUT2D eigenvalue weighted by Gasteiger charge is 2.21. The van der Waals surface area contributed by atoms with Gasteiger partial charge < -0.3 is 19.4 Å². The maximum absolute atomic E-state index is 9.71. The fourth-order valence-corrected chi connectivity index (χ4v) is 5.51. The van der Waals surface area contributed by atoms with Crippen LogP contribution in [0.15, 0.2) is 150 Å². The number of para-hydroxylation sites is 3. The van der Waals surface area contributed by atoms with Gasteiger partial charge in [-0.1, -0.05) is 109 Å². The van der Waals surface area contributed by atoms with Gasteiger partial charge in [-0.25, -0.2) is 0 Å². The Balaban J connectivity index is 1.42. The summed E-state index contributed by atoms with van der Waals surface area (Å²) in [7, 11) is -1.53. The van der Waals surface area contributed by atoms with Gasteiger partial charge in [-0.3, -0.25) is 0 Å². The number of furan rings is 1. The Kier molecular flexibility index (Phi) is 6.36. The molecule has 0 bridgehead atoms. The van der Waals surface area contributed by atoms with Crippen molar-refractivity contribution < 1.29 is 14.5 Å². The Hall–Kier alpha value is -5.10. The number of nitrogens with zero attached hydrogens (tertiary/aromatic N) is 1. The summed E-state index contributed by atoms with van der Waals surface area (Å²) in [5.74, 6) is 0. The molecular weight excluding hydrogens is 505 g/mol. The maximum Gasteiger partial charge on any atom is 0.488 e. The Morgan fingerprint density at radius 3 is 1.83 bits per heavy atom. The molecule has 0 radical (unpaired) electrons. The SMILES string of the molecule is OB(O)c1ccc(N(c2ccc(-c3ccccc3)cc2)c2ccccc2-c2cccc3c2oc2ccccc23)cc1. The zero-order valence-electron chi connectivity index (χ0n) is 22.2. The zero-order valence-corrected chi connectivity index (χ0v) is 22.2. The van der Waals surface area contributed by atoms with Crippen LogP contribution in [0.1, 0.15) is 0 Å². The molecule has 2 N–H and O–H groups in total. The van der Waals surface area contributed by atoms with Crippen molar-refractivity contribution >= 4 is 51.6 Å². The lowest BCUT2D eigenvalue weighted by Crippen LogP contribution is -2.29. The third kappa shape index (κ3) is 4.57. The van der Waals surface area contributed by atoms with Gasteiger partial charge in [0.05, 0.1) is 5.69 Å². The van der Waals surface area contributed by atoms with E-state index in [1.54, 1.807) is 12.1 Å². The molecule has 0 atom stereocenters. The topological polar surface area (TPSA) is 56.8 Å². The highest BCUT2D eigenvalue weighted by atomic mass is 16.4. The van der Waals surface area contributed by atoms with Crippen molar-refractivity contribution in [1.29, 1.82) is 0 Å². The van der Waals surface area contributed by atoms with E-state index in [1.807, 2.05) is 60.7 Å². The molecule has 0 amide bonds. The number of fused-ring (bicyclic) bond motifs is 3. The van der Waals surface area contributed by atoms with Crippen LogP contribution >= 0.6 is 0 Å². The molecule has 0 saturated carbocycles. The molecular formula is C36H26BNO3.